The van der Waals surface area contributed by atoms with Gasteiger partial charge in [0.2, 0.25) is 5.91 Å². The van der Waals surface area contributed by atoms with E-state index in [1.165, 1.54) is 0 Å². The number of hydrogen-bond donors (Lipinski definition) is 2. The minimum Gasteiger partial charge on any atom is -0.379 e. The zero-order chi connectivity index (χ0) is 12.5. The van der Waals surface area contributed by atoms with E-state index < -0.39 is 5.41 Å². The number of aromatic nitrogens is 3. The van der Waals surface area contributed by atoms with Crippen LogP contribution in [0.1, 0.15) is 12.7 Å². The highest BCUT2D eigenvalue weighted by molar-refractivity contribution is 5.83. The third kappa shape index (κ3) is 2.29. The Hall–Kier alpha value is -1.47. The smallest absolute Gasteiger partial charge is 0.230 e. The van der Waals surface area contributed by atoms with Crippen LogP contribution in [0, 0.1) is 5.41 Å². The first-order valence-electron chi connectivity index (χ1n) is 5.48. The van der Waals surface area contributed by atoms with E-state index in [4.69, 9.17) is 10.5 Å². The lowest BCUT2D eigenvalue weighted by atomic mass is 9.85. The maximum atomic E-state index is 12.0. The van der Waals surface area contributed by atoms with Crippen LogP contribution in [0.15, 0.2) is 6.33 Å². The number of ether oxygens (including phenoxy) is 1. The van der Waals surface area contributed by atoms with Gasteiger partial charge in [-0.05, 0) is 6.92 Å². The van der Waals surface area contributed by atoms with Crippen LogP contribution in [0.4, 0.5) is 0 Å². The van der Waals surface area contributed by atoms with E-state index in [9.17, 15) is 4.79 Å². The number of rotatable bonds is 3. The largest absolute Gasteiger partial charge is 0.379 e. The Kier molecular flexibility index (Phi) is 3.12. The van der Waals surface area contributed by atoms with E-state index in [1.807, 2.05) is 6.92 Å². The van der Waals surface area contributed by atoms with Crippen molar-refractivity contribution >= 4 is 5.91 Å². The van der Waals surface area contributed by atoms with Gasteiger partial charge in [0.25, 0.3) is 0 Å². The molecule has 7 heteroatoms. The summed E-state index contributed by atoms with van der Waals surface area (Å²) in [6, 6.07) is -0.265. The standard InChI is InChI=1S/C10H17N5O2/c1-10(5-17-4-7(10)11)9(16)12-3-8-13-6-15(2)14-8/h6-7H,3-5,11H2,1-2H3,(H,12,16). The van der Waals surface area contributed by atoms with Crippen molar-refractivity contribution < 1.29 is 9.53 Å². The molecule has 1 saturated heterocycles. The van der Waals surface area contributed by atoms with E-state index in [0.29, 0.717) is 25.6 Å². The zero-order valence-corrected chi connectivity index (χ0v) is 10.0. The SMILES string of the molecule is Cn1cnc(CNC(=O)C2(C)COCC2N)n1. The molecule has 1 aromatic heterocycles. The second-order valence-corrected chi connectivity index (χ2v) is 4.56. The topological polar surface area (TPSA) is 95.1 Å². The summed E-state index contributed by atoms with van der Waals surface area (Å²) in [7, 11) is 1.78. The van der Waals surface area contributed by atoms with Gasteiger partial charge in [-0.25, -0.2) is 4.98 Å². The predicted molar refractivity (Wildman–Crippen MR) is 59.8 cm³/mol. The van der Waals surface area contributed by atoms with Gasteiger partial charge in [-0.2, -0.15) is 5.10 Å². The molecule has 1 aliphatic heterocycles. The molecule has 1 aliphatic rings. The number of nitrogens with one attached hydrogen (secondary N) is 1. The Labute approximate surface area is 99.3 Å². The van der Waals surface area contributed by atoms with Gasteiger partial charge in [0, 0.05) is 13.1 Å². The summed E-state index contributed by atoms with van der Waals surface area (Å²) >= 11 is 0. The third-order valence-electron chi connectivity index (χ3n) is 3.09. The van der Waals surface area contributed by atoms with Crippen molar-refractivity contribution in [3.63, 3.8) is 0 Å². The molecule has 0 radical (unpaired) electrons. The minimum atomic E-state index is -0.658. The van der Waals surface area contributed by atoms with Crippen LogP contribution >= 0.6 is 0 Å². The Morgan fingerprint density at radius 2 is 2.59 bits per heavy atom. The molecule has 1 aromatic rings. The average Bonchev–Trinajstić information content (AvgIpc) is 2.84. The molecule has 17 heavy (non-hydrogen) atoms. The van der Waals surface area contributed by atoms with Crippen molar-refractivity contribution in [3.8, 4) is 0 Å². The number of amides is 1. The lowest BCUT2D eigenvalue weighted by Crippen LogP contribution is -2.49. The van der Waals surface area contributed by atoms with E-state index >= 15 is 0 Å². The Morgan fingerprint density at radius 3 is 3.12 bits per heavy atom. The lowest BCUT2D eigenvalue weighted by Gasteiger charge is -2.24. The second kappa shape index (κ2) is 4.42. The number of carbonyl (C=O) groups excluding carboxylic acids is 1. The van der Waals surface area contributed by atoms with Crippen molar-refractivity contribution in [2.75, 3.05) is 13.2 Å². The fourth-order valence-electron chi connectivity index (χ4n) is 1.75. The van der Waals surface area contributed by atoms with Crippen molar-refractivity contribution in [1.29, 1.82) is 0 Å². The first-order chi connectivity index (χ1) is 8.02. The van der Waals surface area contributed by atoms with Crippen LogP contribution in [-0.2, 0) is 23.1 Å². The van der Waals surface area contributed by atoms with E-state index in [2.05, 4.69) is 15.4 Å². The second-order valence-electron chi connectivity index (χ2n) is 4.56. The maximum Gasteiger partial charge on any atom is 0.230 e. The van der Waals surface area contributed by atoms with E-state index in [0.717, 1.165) is 0 Å². The molecule has 1 fully saturated rings. The highest BCUT2D eigenvalue weighted by Crippen LogP contribution is 2.27. The monoisotopic (exact) mass is 239 g/mol. The molecule has 2 heterocycles. The van der Waals surface area contributed by atoms with Gasteiger partial charge in [-0.3, -0.25) is 9.48 Å². The van der Waals surface area contributed by atoms with Crippen LogP contribution in [-0.4, -0.2) is 39.9 Å². The summed E-state index contributed by atoms with van der Waals surface area (Å²) in [5.74, 6) is 0.465. The van der Waals surface area contributed by atoms with Gasteiger partial charge in [-0.1, -0.05) is 0 Å². The van der Waals surface area contributed by atoms with Gasteiger partial charge >= 0.3 is 0 Å². The molecular formula is C10H17N5O2. The van der Waals surface area contributed by atoms with Crippen molar-refractivity contribution in [2.45, 2.75) is 19.5 Å². The number of nitrogens with zero attached hydrogens (tertiary/aromatic N) is 3. The van der Waals surface area contributed by atoms with Crippen LogP contribution in [0.2, 0.25) is 0 Å². The Morgan fingerprint density at radius 1 is 1.82 bits per heavy atom. The highest BCUT2D eigenvalue weighted by atomic mass is 16.5. The number of carbonyl (C=O) groups is 1. The van der Waals surface area contributed by atoms with Crippen LogP contribution in [0.3, 0.4) is 0 Å². The highest BCUT2D eigenvalue weighted by Gasteiger charge is 2.44. The fraction of sp³-hybridized carbons (Fsp3) is 0.700. The molecule has 7 nitrogen and oxygen atoms in total. The van der Waals surface area contributed by atoms with E-state index in [1.54, 1.807) is 18.1 Å². The molecule has 2 unspecified atom stereocenters. The van der Waals surface area contributed by atoms with Crippen molar-refractivity contribution in [2.24, 2.45) is 18.2 Å². The average molecular weight is 239 g/mol. The van der Waals surface area contributed by atoms with Gasteiger partial charge < -0.3 is 15.8 Å². The maximum absolute atomic E-state index is 12.0. The quantitative estimate of drug-likeness (QED) is 0.690. The number of aryl methyl sites for hydroxylation is 1. The van der Waals surface area contributed by atoms with E-state index in [-0.39, 0.29) is 11.9 Å². The first kappa shape index (κ1) is 12.0. The number of nitrogens with two attached hydrogens (primary N) is 1. The molecule has 2 atom stereocenters. The molecule has 2 rings (SSSR count). The molecule has 3 N–H and O–H groups in total. The van der Waals surface area contributed by atoms with Crippen molar-refractivity contribution in [3.05, 3.63) is 12.2 Å². The molecular weight excluding hydrogens is 222 g/mol. The molecule has 0 aliphatic carbocycles. The summed E-state index contributed by atoms with van der Waals surface area (Å²) in [6.07, 6.45) is 1.59. The van der Waals surface area contributed by atoms with Gasteiger partial charge in [0.1, 0.15) is 6.33 Å². The first-order valence-corrected chi connectivity index (χ1v) is 5.48. The fourth-order valence-corrected chi connectivity index (χ4v) is 1.75. The molecule has 0 bridgehead atoms. The van der Waals surface area contributed by atoms with Crippen molar-refractivity contribution in [1.82, 2.24) is 20.1 Å². The summed E-state index contributed by atoms with van der Waals surface area (Å²) < 4.78 is 6.82. The van der Waals surface area contributed by atoms with Crippen LogP contribution < -0.4 is 11.1 Å². The van der Waals surface area contributed by atoms with Gasteiger partial charge in [0.05, 0.1) is 25.2 Å². The van der Waals surface area contributed by atoms with Gasteiger partial charge in [-0.15, -0.1) is 0 Å². The predicted octanol–water partition coefficient (Wildman–Crippen LogP) is -1.20. The molecule has 94 valence electrons. The summed E-state index contributed by atoms with van der Waals surface area (Å²) in [5.41, 5.74) is 5.21. The summed E-state index contributed by atoms with van der Waals surface area (Å²) in [5, 5.41) is 6.87. The van der Waals surface area contributed by atoms with Crippen LogP contribution in [0.5, 0.6) is 0 Å². The molecule has 1 amide bonds. The zero-order valence-electron chi connectivity index (χ0n) is 10.0. The minimum absolute atomic E-state index is 0.116. The van der Waals surface area contributed by atoms with Crippen LogP contribution in [0.25, 0.3) is 0 Å². The van der Waals surface area contributed by atoms with Gasteiger partial charge in [0.15, 0.2) is 5.82 Å². The Bertz CT molecular complexity index is 419. The molecule has 0 aromatic carbocycles. The summed E-state index contributed by atoms with van der Waals surface area (Å²) in [6.45, 7) is 2.90. The molecule has 0 saturated carbocycles. The number of hydrogen-bond acceptors (Lipinski definition) is 5. The Balaban J connectivity index is 1.93. The molecule has 0 spiro atoms. The normalized spacial score (nSPS) is 28.3. The lowest BCUT2D eigenvalue weighted by molar-refractivity contribution is -0.130. The summed E-state index contributed by atoms with van der Waals surface area (Å²) in [4.78, 5) is 16.1. The third-order valence-corrected chi connectivity index (χ3v) is 3.09.